The maximum Gasteiger partial charge on any atom is 0.269 e. The second-order valence-corrected chi connectivity index (χ2v) is 6.91. The highest BCUT2D eigenvalue weighted by molar-refractivity contribution is 6.42. The second-order valence-electron chi connectivity index (χ2n) is 6.09. The van der Waals surface area contributed by atoms with Crippen LogP contribution >= 0.6 is 23.2 Å². The topological polar surface area (TPSA) is 66.7 Å². The number of anilines is 1. The first-order chi connectivity index (χ1) is 12.9. The van der Waals surface area contributed by atoms with Gasteiger partial charge in [-0.2, -0.15) is 0 Å². The fraction of sp³-hybridized carbons (Fsp3) is 0.211. The molecule has 2 aromatic rings. The van der Waals surface area contributed by atoms with Gasteiger partial charge in [0.1, 0.15) is 0 Å². The number of non-ortho nitro benzene ring substituents is 1. The maximum absolute atomic E-state index is 12.4. The average Bonchev–Trinajstić information content (AvgIpc) is 2.69. The number of benzene rings is 2. The molecule has 1 heterocycles. The number of piperazine rings is 1. The van der Waals surface area contributed by atoms with Crippen LogP contribution in [0.2, 0.25) is 10.0 Å². The zero-order valence-electron chi connectivity index (χ0n) is 14.3. The molecule has 0 aliphatic carbocycles. The van der Waals surface area contributed by atoms with Crippen molar-refractivity contribution in [3.05, 3.63) is 74.3 Å². The molecular formula is C19H17Cl2N3O3. The number of carbonyl (C=O) groups excluding carboxylic acids is 1. The lowest BCUT2D eigenvalue weighted by Crippen LogP contribution is -2.48. The molecular weight excluding hydrogens is 389 g/mol. The zero-order chi connectivity index (χ0) is 19.4. The van der Waals surface area contributed by atoms with Crippen molar-refractivity contribution in [2.75, 3.05) is 31.1 Å². The molecule has 2 aromatic carbocycles. The number of amides is 1. The molecule has 6 nitrogen and oxygen atoms in total. The number of rotatable bonds is 4. The van der Waals surface area contributed by atoms with Gasteiger partial charge in [0.05, 0.1) is 15.0 Å². The smallest absolute Gasteiger partial charge is 0.269 e. The van der Waals surface area contributed by atoms with Crippen molar-refractivity contribution < 1.29 is 9.72 Å². The minimum atomic E-state index is -0.416. The van der Waals surface area contributed by atoms with Crippen molar-refractivity contribution in [3.8, 4) is 0 Å². The van der Waals surface area contributed by atoms with E-state index in [9.17, 15) is 14.9 Å². The number of hydrogen-bond donors (Lipinski definition) is 0. The predicted octanol–water partition coefficient (Wildman–Crippen LogP) is 4.26. The van der Waals surface area contributed by atoms with Crippen LogP contribution in [0, 0.1) is 10.1 Å². The van der Waals surface area contributed by atoms with Gasteiger partial charge in [0.2, 0.25) is 5.91 Å². The maximum atomic E-state index is 12.4. The van der Waals surface area contributed by atoms with Gasteiger partial charge in [-0.05, 0) is 35.9 Å². The molecule has 0 unspecified atom stereocenters. The van der Waals surface area contributed by atoms with E-state index in [0.29, 0.717) is 36.2 Å². The summed E-state index contributed by atoms with van der Waals surface area (Å²) in [7, 11) is 0. The molecule has 0 atom stereocenters. The van der Waals surface area contributed by atoms with Crippen LogP contribution in [-0.2, 0) is 4.79 Å². The summed E-state index contributed by atoms with van der Waals surface area (Å²) in [4.78, 5) is 26.6. The van der Waals surface area contributed by atoms with E-state index in [4.69, 9.17) is 23.2 Å². The van der Waals surface area contributed by atoms with Gasteiger partial charge < -0.3 is 9.80 Å². The Morgan fingerprint density at radius 1 is 1.00 bits per heavy atom. The van der Waals surface area contributed by atoms with Crippen LogP contribution in [0.5, 0.6) is 0 Å². The van der Waals surface area contributed by atoms with Crippen molar-refractivity contribution in [1.29, 1.82) is 0 Å². The van der Waals surface area contributed by atoms with E-state index in [0.717, 1.165) is 11.3 Å². The van der Waals surface area contributed by atoms with Gasteiger partial charge in [-0.3, -0.25) is 14.9 Å². The Hall–Kier alpha value is -2.57. The van der Waals surface area contributed by atoms with Crippen LogP contribution in [0.25, 0.3) is 6.08 Å². The minimum Gasteiger partial charge on any atom is -0.368 e. The molecule has 0 radical (unpaired) electrons. The molecule has 0 aromatic heterocycles. The highest BCUT2D eigenvalue weighted by atomic mass is 35.5. The number of hydrogen-bond acceptors (Lipinski definition) is 4. The first kappa shape index (κ1) is 19.2. The van der Waals surface area contributed by atoms with Crippen LogP contribution in [0.3, 0.4) is 0 Å². The molecule has 1 aliphatic heterocycles. The lowest BCUT2D eigenvalue weighted by atomic mass is 10.2. The van der Waals surface area contributed by atoms with Crippen LogP contribution in [0.1, 0.15) is 5.56 Å². The molecule has 140 valence electrons. The summed E-state index contributed by atoms with van der Waals surface area (Å²) >= 11 is 11.9. The molecule has 1 amide bonds. The lowest BCUT2D eigenvalue weighted by molar-refractivity contribution is -0.384. The Labute approximate surface area is 166 Å². The third-order valence-corrected chi connectivity index (χ3v) is 5.12. The molecule has 0 N–H and O–H groups in total. The predicted molar refractivity (Wildman–Crippen MR) is 107 cm³/mol. The normalized spacial score (nSPS) is 14.6. The first-order valence-electron chi connectivity index (χ1n) is 8.35. The number of nitrogens with zero attached hydrogens (tertiary/aromatic N) is 3. The Kier molecular flexibility index (Phi) is 5.98. The molecule has 27 heavy (non-hydrogen) atoms. The van der Waals surface area contributed by atoms with E-state index in [2.05, 4.69) is 4.90 Å². The monoisotopic (exact) mass is 405 g/mol. The Balaban J connectivity index is 1.56. The van der Waals surface area contributed by atoms with Crippen LogP contribution < -0.4 is 4.90 Å². The fourth-order valence-corrected chi connectivity index (χ4v) is 3.17. The number of nitro groups is 1. The van der Waals surface area contributed by atoms with Gasteiger partial charge in [0, 0.05) is 50.1 Å². The summed E-state index contributed by atoms with van der Waals surface area (Å²) in [6.07, 6.45) is 3.24. The largest absolute Gasteiger partial charge is 0.368 e. The van der Waals surface area contributed by atoms with Crippen molar-refractivity contribution in [1.82, 2.24) is 4.90 Å². The fourth-order valence-electron chi connectivity index (χ4n) is 2.86. The third-order valence-electron chi connectivity index (χ3n) is 4.38. The summed E-state index contributed by atoms with van der Waals surface area (Å²) in [5.74, 6) is -0.0654. The van der Waals surface area contributed by atoms with Gasteiger partial charge in [0.15, 0.2) is 0 Å². The van der Waals surface area contributed by atoms with Gasteiger partial charge >= 0.3 is 0 Å². The van der Waals surface area contributed by atoms with Gasteiger partial charge in [-0.25, -0.2) is 0 Å². The number of carbonyl (C=O) groups is 1. The Morgan fingerprint density at radius 3 is 2.26 bits per heavy atom. The van der Waals surface area contributed by atoms with E-state index >= 15 is 0 Å². The average molecular weight is 406 g/mol. The summed E-state index contributed by atoms with van der Waals surface area (Å²) in [5, 5.41) is 11.7. The molecule has 0 bridgehead atoms. The van der Waals surface area contributed by atoms with Crippen LogP contribution in [0.15, 0.2) is 48.5 Å². The molecule has 1 saturated heterocycles. The molecule has 3 rings (SSSR count). The lowest BCUT2D eigenvalue weighted by Gasteiger charge is -2.35. The highest BCUT2D eigenvalue weighted by Gasteiger charge is 2.20. The van der Waals surface area contributed by atoms with Crippen molar-refractivity contribution >= 4 is 46.6 Å². The van der Waals surface area contributed by atoms with E-state index < -0.39 is 4.92 Å². The van der Waals surface area contributed by atoms with Crippen molar-refractivity contribution in [2.45, 2.75) is 0 Å². The minimum absolute atomic E-state index is 0.0654. The van der Waals surface area contributed by atoms with Crippen LogP contribution in [0.4, 0.5) is 11.4 Å². The van der Waals surface area contributed by atoms with Crippen molar-refractivity contribution in [2.24, 2.45) is 0 Å². The number of nitro benzene ring substituents is 1. The number of halogens is 2. The first-order valence-corrected chi connectivity index (χ1v) is 9.11. The van der Waals surface area contributed by atoms with Crippen molar-refractivity contribution in [3.63, 3.8) is 0 Å². The van der Waals surface area contributed by atoms with E-state index in [-0.39, 0.29) is 11.6 Å². The summed E-state index contributed by atoms with van der Waals surface area (Å²) in [6, 6.07) is 11.7. The van der Waals surface area contributed by atoms with Gasteiger partial charge in [0.25, 0.3) is 5.69 Å². The third kappa shape index (κ3) is 4.78. The van der Waals surface area contributed by atoms with Gasteiger partial charge in [-0.1, -0.05) is 29.3 Å². The molecule has 1 aliphatic rings. The van der Waals surface area contributed by atoms with Gasteiger partial charge in [-0.15, -0.1) is 0 Å². The summed E-state index contributed by atoms with van der Waals surface area (Å²) in [5.41, 5.74) is 1.79. The van der Waals surface area contributed by atoms with E-state index in [1.807, 2.05) is 0 Å². The molecule has 0 saturated carbocycles. The SMILES string of the molecule is O=C(/C=C/c1ccc(Cl)c(Cl)c1)N1CCN(c2ccc([N+](=O)[O-])cc2)CC1. The second kappa shape index (κ2) is 8.41. The molecule has 8 heteroatoms. The van der Waals surface area contributed by atoms with Crippen LogP contribution in [-0.4, -0.2) is 41.9 Å². The van der Waals surface area contributed by atoms with E-state index in [1.165, 1.54) is 18.2 Å². The quantitative estimate of drug-likeness (QED) is 0.432. The molecule has 0 spiro atoms. The highest BCUT2D eigenvalue weighted by Crippen LogP contribution is 2.23. The zero-order valence-corrected chi connectivity index (χ0v) is 15.9. The summed E-state index contributed by atoms with van der Waals surface area (Å²) in [6.45, 7) is 2.51. The van der Waals surface area contributed by atoms with E-state index in [1.54, 1.807) is 41.3 Å². The molecule has 1 fully saturated rings. The Bertz CT molecular complexity index is 876. The Morgan fingerprint density at radius 2 is 1.67 bits per heavy atom. The standard InChI is InChI=1S/C19H17Cl2N3O3/c20-17-7-1-14(13-18(17)21)2-8-19(25)23-11-9-22(10-12-23)15-3-5-16(6-4-15)24(26)27/h1-8,13H,9-12H2/b8-2+. The summed E-state index contributed by atoms with van der Waals surface area (Å²) < 4.78 is 0.